The number of likely N-dealkylation sites (tertiary alicyclic amines) is 1. The van der Waals surface area contributed by atoms with E-state index >= 15 is 0 Å². The molecule has 0 aromatic heterocycles. The van der Waals surface area contributed by atoms with Gasteiger partial charge in [0.15, 0.2) is 6.61 Å². The molecule has 1 aliphatic rings. The van der Waals surface area contributed by atoms with E-state index in [-0.39, 0.29) is 24.5 Å². The first-order valence-electron chi connectivity index (χ1n) is 8.64. The SMILES string of the molecule is O=C(NC1CCN(C(=O)COc2ccccc2)CC1)c1ccccc1Br. The van der Waals surface area contributed by atoms with Crippen LogP contribution in [0.25, 0.3) is 0 Å². The third-order valence-electron chi connectivity index (χ3n) is 4.41. The third-order valence-corrected chi connectivity index (χ3v) is 5.10. The van der Waals surface area contributed by atoms with Gasteiger partial charge >= 0.3 is 0 Å². The first-order chi connectivity index (χ1) is 12.6. The first-order valence-corrected chi connectivity index (χ1v) is 9.44. The molecule has 26 heavy (non-hydrogen) atoms. The monoisotopic (exact) mass is 416 g/mol. The predicted octanol–water partition coefficient (Wildman–Crippen LogP) is 3.25. The number of amides is 2. The zero-order valence-corrected chi connectivity index (χ0v) is 15.9. The molecule has 0 aliphatic carbocycles. The van der Waals surface area contributed by atoms with Gasteiger partial charge in [-0.25, -0.2) is 0 Å². The van der Waals surface area contributed by atoms with Gasteiger partial charge in [0.25, 0.3) is 11.8 Å². The fraction of sp³-hybridized carbons (Fsp3) is 0.300. The molecule has 1 saturated heterocycles. The van der Waals surface area contributed by atoms with Crippen molar-refractivity contribution >= 4 is 27.7 Å². The van der Waals surface area contributed by atoms with Crippen LogP contribution in [0.15, 0.2) is 59.1 Å². The Hall–Kier alpha value is -2.34. The molecule has 1 fully saturated rings. The molecule has 2 aromatic carbocycles. The molecular formula is C20H21BrN2O3. The van der Waals surface area contributed by atoms with Crippen LogP contribution >= 0.6 is 15.9 Å². The average molecular weight is 417 g/mol. The van der Waals surface area contributed by atoms with Crippen molar-refractivity contribution in [2.24, 2.45) is 0 Å². The molecule has 2 aromatic rings. The number of benzene rings is 2. The molecule has 3 rings (SSSR count). The highest BCUT2D eigenvalue weighted by molar-refractivity contribution is 9.10. The van der Waals surface area contributed by atoms with Crippen LogP contribution in [0, 0.1) is 0 Å². The molecule has 0 bridgehead atoms. The highest BCUT2D eigenvalue weighted by Gasteiger charge is 2.24. The third kappa shape index (κ3) is 4.85. The van der Waals surface area contributed by atoms with Crippen molar-refractivity contribution in [1.29, 1.82) is 0 Å². The van der Waals surface area contributed by atoms with Crippen LogP contribution in [0.2, 0.25) is 0 Å². The van der Waals surface area contributed by atoms with Crippen LogP contribution in [0.1, 0.15) is 23.2 Å². The Balaban J connectivity index is 1.44. The summed E-state index contributed by atoms with van der Waals surface area (Å²) in [5.74, 6) is 0.579. The quantitative estimate of drug-likeness (QED) is 0.813. The maximum Gasteiger partial charge on any atom is 0.260 e. The summed E-state index contributed by atoms with van der Waals surface area (Å²) in [6, 6.07) is 16.7. The number of para-hydroxylation sites is 1. The van der Waals surface area contributed by atoms with E-state index in [2.05, 4.69) is 21.2 Å². The number of halogens is 1. The van der Waals surface area contributed by atoms with Gasteiger partial charge in [-0.15, -0.1) is 0 Å². The molecule has 6 heteroatoms. The number of nitrogens with one attached hydrogen (secondary N) is 1. The fourth-order valence-electron chi connectivity index (χ4n) is 2.93. The molecular weight excluding hydrogens is 396 g/mol. The molecule has 1 aliphatic heterocycles. The summed E-state index contributed by atoms with van der Waals surface area (Å²) in [5.41, 5.74) is 0.627. The van der Waals surface area contributed by atoms with Crippen LogP contribution in [0.4, 0.5) is 0 Å². The van der Waals surface area contributed by atoms with E-state index in [1.807, 2.05) is 48.5 Å². The highest BCUT2D eigenvalue weighted by atomic mass is 79.9. The van der Waals surface area contributed by atoms with E-state index in [0.717, 1.165) is 17.3 Å². The normalized spacial score (nSPS) is 14.7. The number of carbonyl (C=O) groups is 2. The summed E-state index contributed by atoms with van der Waals surface area (Å²) in [7, 11) is 0. The zero-order chi connectivity index (χ0) is 18.4. The second-order valence-corrected chi connectivity index (χ2v) is 7.06. The van der Waals surface area contributed by atoms with E-state index in [4.69, 9.17) is 4.74 Å². The Morgan fingerprint density at radius 1 is 1.04 bits per heavy atom. The van der Waals surface area contributed by atoms with Crippen molar-refractivity contribution in [1.82, 2.24) is 10.2 Å². The van der Waals surface area contributed by atoms with Gasteiger partial charge in [0.1, 0.15) is 5.75 Å². The lowest BCUT2D eigenvalue weighted by molar-refractivity contribution is -0.134. The van der Waals surface area contributed by atoms with Crippen molar-refractivity contribution in [2.75, 3.05) is 19.7 Å². The molecule has 136 valence electrons. The van der Waals surface area contributed by atoms with E-state index in [1.165, 1.54) is 0 Å². The number of piperidine rings is 1. The molecule has 0 radical (unpaired) electrons. The number of ether oxygens (including phenoxy) is 1. The van der Waals surface area contributed by atoms with Crippen LogP contribution in [0.3, 0.4) is 0 Å². The van der Waals surface area contributed by atoms with Gasteiger partial charge < -0.3 is 15.0 Å². The molecule has 2 amide bonds. The maximum atomic E-state index is 12.4. The lowest BCUT2D eigenvalue weighted by Gasteiger charge is -2.32. The molecule has 1 heterocycles. The van der Waals surface area contributed by atoms with Gasteiger partial charge in [0.05, 0.1) is 5.56 Å². The lowest BCUT2D eigenvalue weighted by atomic mass is 10.0. The summed E-state index contributed by atoms with van der Waals surface area (Å²) in [6.07, 6.45) is 1.49. The molecule has 0 atom stereocenters. The van der Waals surface area contributed by atoms with E-state index in [0.29, 0.717) is 24.4 Å². The Kier molecular flexibility index (Phi) is 6.28. The van der Waals surface area contributed by atoms with Gasteiger partial charge in [0, 0.05) is 23.6 Å². The molecule has 1 N–H and O–H groups in total. The van der Waals surface area contributed by atoms with E-state index in [1.54, 1.807) is 11.0 Å². The smallest absolute Gasteiger partial charge is 0.260 e. The van der Waals surface area contributed by atoms with Crippen molar-refractivity contribution in [3.05, 3.63) is 64.6 Å². The van der Waals surface area contributed by atoms with Crippen LogP contribution in [-0.2, 0) is 4.79 Å². The number of hydrogen-bond acceptors (Lipinski definition) is 3. The van der Waals surface area contributed by atoms with Gasteiger partial charge in [-0.3, -0.25) is 9.59 Å². The van der Waals surface area contributed by atoms with Crippen molar-refractivity contribution in [2.45, 2.75) is 18.9 Å². The van der Waals surface area contributed by atoms with Gasteiger partial charge in [-0.1, -0.05) is 30.3 Å². The second-order valence-electron chi connectivity index (χ2n) is 6.21. The Morgan fingerprint density at radius 2 is 1.69 bits per heavy atom. The van der Waals surface area contributed by atoms with E-state index < -0.39 is 0 Å². The molecule has 0 unspecified atom stereocenters. The standard InChI is InChI=1S/C20H21BrN2O3/c21-18-9-5-4-8-17(18)20(25)22-15-10-12-23(13-11-15)19(24)14-26-16-6-2-1-3-7-16/h1-9,15H,10-14H2,(H,22,25). The maximum absolute atomic E-state index is 12.4. The van der Waals surface area contributed by atoms with Crippen LogP contribution in [-0.4, -0.2) is 42.5 Å². The zero-order valence-electron chi connectivity index (χ0n) is 14.4. The van der Waals surface area contributed by atoms with Crippen LogP contribution < -0.4 is 10.1 Å². The number of rotatable bonds is 5. The lowest BCUT2D eigenvalue weighted by Crippen LogP contribution is -2.47. The Bertz CT molecular complexity index is 759. The van der Waals surface area contributed by atoms with Crippen molar-refractivity contribution < 1.29 is 14.3 Å². The van der Waals surface area contributed by atoms with Crippen LogP contribution in [0.5, 0.6) is 5.75 Å². The molecule has 0 saturated carbocycles. The summed E-state index contributed by atoms with van der Waals surface area (Å²) in [6.45, 7) is 1.29. The number of carbonyl (C=O) groups excluding carboxylic acids is 2. The minimum absolute atomic E-state index is 0.0237. The summed E-state index contributed by atoms with van der Waals surface area (Å²) in [5, 5.41) is 3.06. The summed E-state index contributed by atoms with van der Waals surface area (Å²) >= 11 is 3.40. The number of hydrogen-bond donors (Lipinski definition) is 1. The number of nitrogens with zero attached hydrogens (tertiary/aromatic N) is 1. The van der Waals surface area contributed by atoms with Gasteiger partial charge in [-0.05, 0) is 53.0 Å². The van der Waals surface area contributed by atoms with Crippen molar-refractivity contribution in [3.8, 4) is 5.75 Å². The largest absolute Gasteiger partial charge is 0.484 e. The summed E-state index contributed by atoms with van der Waals surface area (Å²) < 4.78 is 6.30. The van der Waals surface area contributed by atoms with Gasteiger partial charge in [0.2, 0.25) is 0 Å². The summed E-state index contributed by atoms with van der Waals surface area (Å²) in [4.78, 5) is 26.4. The fourth-order valence-corrected chi connectivity index (χ4v) is 3.40. The van der Waals surface area contributed by atoms with E-state index in [9.17, 15) is 9.59 Å². The topological polar surface area (TPSA) is 58.6 Å². The Morgan fingerprint density at radius 3 is 2.38 bits per heavy atom. The van der Waals surface area contributed by atoms with Gasteiger partial charge in [-0.2, -0.15) is 0 Å². The predicted molar refractivity (Wildman–Crippen MR) is 103 cm³/mol. The second kappa shape index (κ2) is 8.85. The first kappa shape index (κ1) is 18.5. The average Bonchev–Trinajstić information content (AvgIpc) is 2.68. The Labute approximate surface area is 161 Å². The molecule has 0 spiro atoms. The highest BCUT2D eigenvalue weighted by Crippen LogP contribution is 2.17. The minimum atomic E-state index is -0.0883. The molecule has 5 nitrogen and oxygen atoms in total. The van der Waals surface area contributed by atoms with Crippen molar-refractivity contribution in [3.63, 3.8) is 0 Å². The minimum Gasteiger partial charge on any atom is -0.484 e.